The Morgan fingerprint density at radius 1 is 1.21 bits per heavy atom. The lowest BCUT2D eigenvalue weighted by Crippen LogP contribution is -2.04. The smallest absolute Gasteiger partial charge is 0.307 e. The van der Waals surface area contributed by atoms with Gasteiger partial charge in [-0.05, 0) is 24.3 Å². The molecule has 3 heterocycles. The van der Waals surface area contributed by atoms with E-state index in [0.717, 1.165) is 23.2 Å². The van der Waals surface area contributed by atoms with Crippen LogP contribution in [0.2, 0.25) is 0 Å². The number of halogens is 1. The highest BCUT2D eigenvalue weighted by atomic mass is 19.1. The van der Waals surface area contributed by atoms with Crippen LogP contribution in [0.15, 0.2) is 55.0 Å². The molecule has 0 atom stereocenters. The average Bonchev–Trinajstić information content (AvgIpc) is 3.13. The number of rotatable bonds is 5. The molecule has 0 aliphatic rings. The zero-order valence-corrected chi connectivity index (χ0v) is 14.5. The largest absolute Gasteiger partial charge is 0.494 e. The zero-order chi connectivity index (χ0) is 19.7. The van der Waals surface area contributed by atoms with Crippen LogP contribution in [0.1, 0.15) is 0 Å². The Morgan fingerprint density at radius 3 is 2.86 bits per heavy atom. The van der Waals surface area contributed by atoms with Crippen LogP contribution in [0.4, 0.5) is 21.7 Å². The van der Waals surface area contributed by atoms with Gasteiger partial charge in [-0.1, -0.05) is 0 Å². The minimum Gasteiger partial charge on any atom is -0.494 e. The first-order valence-corrected chi connectivity index (χ1v) is 8.11. The summed E-state index contributed by atoms with van der Waals surface area (Å²) in [6.07, 6.45) is 5.04. The van der Waals surface area contributed by atoms with Crippen molar-refractivity contribution in [2.75, 3.05) is 12.4 Å². The molecule has 1 aromatic carbocycles. The second-order valence-corrected chi connectivity index (χ2v) is 5.73. The number of methoxy groups -OCH3 is 1. The molecular weight excluding hydrogens is 367 g/mol. The molecule has 1 N–H and O–H groups in total. The van der Waals surface area contributed by atoms with E-state index in [0.29, 0.717) is 5.82 Å². The number of benzene rings is 1. The quantitative estimate of drug-likeness (QED) is 0.416. The highest BCUT2D eigenvalue weighted by Gasteiger charge is 2.19. The van der Waals surface area contributed by atoms with Gasteiger partial charge in [-0.25, -0.2) is 9.97 Å². The van der Waals surface area contributed by atoms with E-state index < -0.39 is 16.4 Å². The first-order valence-electron chi connectivity index (χ1n) is 8.11. The number of pyridine rings is 1. The maximum atomic E-state index is 13.8. The van der Waals surface area contributed by atoms with E-state index in [1.54, 1.807) is 16.8 Å². The molecule has 0 amide bonds. The maximum Gasteiger partial charge on any atom is 0.307 e. The summed E-state index contributed by atoms with van der Waals surface area (Å²) in [5, 5.41) is 14.8. The van der Waals surface area contributed by atoms with Crippen molar-refractivity contribution in [1.82, 2.24) is 19.5 Å². The number of ether oxygens (including phenoxy) is 1. The van der Waals surface area contributed by atoms with Crippen molar-refractivity contribution in [3.05, 3.63) is 70.9 Å². The molecule has 0 bridgehead atoms. The lowest BCUT2D eigenvalue weighted by molar-refractivity contribution is -0.387. The van der Waals surface area contributed by atoms with Gasteiger partial charge in [0.05, 0.1) is 17.7 Å². The fourth-order valence-electron chi connectivity index (χ4n) is 2.77. The van der Waals surface area contributed by atoms with Gasteiger partial charge in [0.25, 0.3) is 0 Å². The summed E-state index contributed by atoms with van der Waals surface area (Å²) < 4.78 is 20.7. The van der Waals surface area contributed by atoms with Gasteiger partial charge < -0.3 is 10.1 Å². The van der Waals surface area contributed by atoms with Crippen molar-refractivity contribution in [3.63, 3.8) is 0 Å². The molecular formula is C18H13FN6O3. The molecule has 0 spiro atoms. The van der Waals surface area contributed by atoms with E-state index in [9.17, 15) is 14.5 Å². The number of hydrogen-bond donors (Lipinski definition) is 1. The highest BCUT2D eigenvalue weighted by molar-refractivity contribution is 5.77. The second-order valence-electron chi connectivity index (χ2n) is 5.73. The second kappa shape index (κ2) is 6.91. The van der Waals surface area contributed by atoms with Crippen molar-refractivity contribution in [2.24, 2.45) is 0 Å². The van der Waals surface area contributed by atoms with Gasteiger partial charge in [-0.2, -0.15) is 9.37 Å². The third-order valence-corrected chi connectivity index (χ3v) is 4.05. The molecule has 140 valence electrons. The summed E-state index contributed by atoms with van der Waals surface area (Å²) in [5.41, 5.74) is 0.213. The number of hydrogen-bond acceptors (Lipinski definition) is 7. The molecule has 4 rings (SSSR count). The number of aromatic nitrogens is 4. The summed E-state index contributed by atoms with van der Waals surface area (Å²) in [6.45, 7) is 0. The number of nitro benzene ring substituents is 1. The van der Waals surface area contributed by atoms with Gasteiger partial charge in [0, 0.05) is 36.1 Å². The van der Waals surface area contributed by atoms with Crippen molar-refractivity contribution in [1.29, 1.82) is 0 Å². The van der Waals surface area contributed by atoms with Crippen LogP contribution >= 0.6 is 0 Å². The van der Waals surface area contributed by atoms with Crippen LogP contribution in [0.5, 0.6) is 5.75 Å². The summed E-state index contributed by atoms with van der Waals surface area (Å²) in [4.78, 5) is 23.1. The van der Waals surface area contributed by atoms with E-state index in [-0.39, 0.29) is 17.4 Å². The lowest BCUT2D eigenvalue weighted by atomic mass is 10.2. The molecule has 0 radical (unpaired) electrons. The average molecular weight is 380 g/mol. The first kappa shape index (κ1) is 17.3. The van der Waals surface area contributed by atoms with Gasteiger partial charge in [0.15, 0.2) is 0 Å². The molecule has 4 aromatic rings. The van der Waals surface area contributed by atoms with Crippen LogP contribution in [-0.4, -0.2) is 31.6 Å². The SMILES string of the molecule is COc1cc(F)c([N+](=O)[O-])cc1Nc1nccc(-n2ccc3cccnc32)n1. The zero-order valence-electron chi connectivity index (χ0n) is 14.5. The van der Waals surface area contributed by atoms with E-state index >= 15 is 0 Å². The molecule has 0 aliphatic heterocycles. The van der Waals surface area contributed by atoms with Crippen LogP contribution in [0.25, 0.3) is 16.9 Å². The number of anilines is 2. The van der Waals surface area contributed by atoms with Crippen molar-refractivity contribution in [3.8, 4) is 11.6 Å². The monoisotopic (exact) mass is 380 g/mol. The maximum absolute atomic E-state index is 13.8. The predicted octanol–water partition coefficient (Wildman–Crippen LogP) is 3.62. The van der Waals surface area contributed by atoms with Crippen molar-refractivity contribution in [2.45, 2.75) is 0 Å². The standard InChI is InChI=1S/C18H13FN6O3/c1-28-15-9-12(19)14(25(26)27)10-13(15)22-18-21-7-4-16(23-18)24-8-5-11-3-2-6-20-17(11)24/h2-10H,1H3,(H,21,22,23). The molecule has 0 fully saturated rings. The van der Waals surface area contributed by atoms with Crippen LogP contribution in [-0.2, 0) is 0 Å². The van der Waals surface area contributed by atoms with Gasteiger partial charge in [0.2, 0.25) is 11.8 Å². The molecule has 10 heteroatoms. The third-order valence-electron chi connectivity index (χ3n) is 4.05. The van der Waals surface area contributed by atoms with Crippen molar-refractivity contribution < 1.29 is 14.1 Å². The number of fused-ring (bicyclic) bond motifs is 1. The Kier molecular flexibility index (Phi) is 4.28. The molecule has 9 nitrogen and oxygen atoms in total. The van der Waals surface area contributed by atoms with E-state index in [1.165, 1.54) is 13.3 Å². The summed E-state index contributed by atoms with van der Waals surface area (Å²) in [5.74, 6) is -0.201. The summed E-state index contributed by atoms with van der Waals surface area (Å²) in [7, 11) is 1.33. The third kappa shape index (κ3) is 3.07. The summed E-state index contributed by atoms with van der Waals surface area (Å²) >= 11 is 0. The van der Waals surface area contributed by atoms with Crippen LogP contribution in [0.3, 0.4) is 0 Å². The van der Waals surface area contributed by atoms with E-state index in [4.69, 9.17) is 4.74 Å². The Morgan fingerprint density at radius 2 is 2.07 bits per heavy atom. The van der Waals surface area contributed by atoms with E-state index in [2.05, 4.69) is 20.3 Å². The molecule has 0 saturated carbocycles. The number of nitro groups is 1. The Balaban J connectivity index is 1.73. The fraction of sp³-hybridized carbons (Fsp3) is 0.0556. The van der Waals surface area contributed by atoms with Gasteiger partial charge in [0.1, 0.15) is 17.2 Å². The molecule has 3 aromatic heterocycles. The predicted molar refractivity (Wildman–Crippen MR) is 99.5 cm³/mol. The van der Waals surface area contributed by atoms with Crippen molar-refractivity contribution >= 4 is 28.4 Å². The molecule has 0 aliphatic carbocycles. The molecule has 0 unspecified atom stereocenters. The molecule has 0 saturated heterocycles. The molecule has 28 heavy (non-hydrogen) atoms. The minimum absolute atomic E-state index is 0.0881. The van der Waals surface area contributed by atoms with Crippen LogP contribution < -0.4 is 10.1 Å². The Bertz CT molecular complexity index is 1190. The topological polar surface area (TPSA) is 108 Å². The van der Waals surface area contributed by atoms with Crippen LogP contribution in [0, 0.1) is 15.9 Å². The van der Waals surface area contributed by atoms with Gasteiger partial charge >= 0.3 is 5.69 Å². The van der Waals surface area contributed by atoms with E-state index in [1.807, 2.05) is 24.4 Å². The Hall–Kier alpha value is -4.08. The number of nitrogens with zero attached hydrogens (tertiary/aromatic N) is 5. The summed E-state index contributed by atoms with van der Waals surface area (Å²) in [6, 6.07) is 9.35. The van der Waals surface area contributed by atoms with Gasteiger partial charge in [-0.15, -0.1) is 0 Å². The highest BCUT2D eigenvalue weighted by Crippen LogP contribution is 2.33. The normalized spacial score (nSPS) is 10.8. The minimum atomic E-state index is -0.994. The number of nitrogens with one attached hydrogen (secondary N) is 1. The Labute approximate surface area is 157 Å². The lowest BCUT2D eigenvalue weighted by Gasteiger charge is -2.11. The fourth-order valence-corrected chi connectivity index (χ4v) is 2.77. The van der Waals surface area contributed by atoms with Gasteiger partial charge in [-0.3, -0.25) is 14.7 Å². The first-order chi connectivity index (χ1) is 13.6.